The highest BCUT2D eigenvalue weighted by Gasteiger charge is 2.27. The van der Waals surface area contributed by atoms with Crippen LogP contribution in [0.2, 0.25) is 15.1 Å². The van der Waals surface area contributed by atoms with Gasteiger partial charge < -0.3 is 14.5 Å². The molecule has 2 aromatic rings. The Kier molecular flexibility index (Phi) is 14.1. The number of piperidine rings is 1. The first-order valence-electron chi connectivity index (χ1n) is 13.7. The van der Waals surface area contributed by atoms with Crippen LogP contribution in [0, 0.1) is 5.92 Å². The number of rotatable bonds is 4. The molecule has 2 aromatic carbocycles. The van der Waals surface area contributed by atoms with Crippen LogP contribution in [0.4, 0.5) is 10.5 Å². The van der Waals surface area contributed by atoms with Gasteiger partial charge in [-0.2, -0.15) is 0 Å². The summed E-state index contributed by atoms with van der Waals surface area (Å²) in [7, 11) is 0. The minimum absolute atomic E-state index is 0.173. The molecule has 0 spiro atoms. The van der Waals surface area contributed by atoms with Gasteiger partial charge in [-0.3, -0.25) is 4.90 Å². The third kappa shape index (κ3) is 11.6. The number of hydrogen-bond acceptors (Lipinski definition) is 4. The zero-order valence-electron chi connectivity index (χ0n) is 23.6. The first-order valence-corrected chi connectivity index (χ1v) is 14.8. The first-order chi connectivity index (χ1) is 18.1. The molecule has 38 heavy (non-hydrogen) atoms. The van der Waals surface area contributed by atoms with Gasteiger partial charge in [0.2, 0.25) is 0 Å². The van der Waals surface area contributed by atoms with Gasteiger partial charge in [-0.05, 0) is 82.8 Å². The maximum atomic E-state index is 12.2. The molecule has 0 atom stereocenters. The summed E-state index contributed by atoms with van der Waals surface area (Å²) in [5.74, 6) is 0.692. The second-order valence-corrected chi connectivity index (χ2v) is 11.7. The summed E-state index contributed by atoms with van der Waals surface area (Å²) in [6.45, 7) is 16.6. The van der Waals surface area contributed by atoms with E-state index >= 15 is 0 Å². The van der Waals surface area contributed by atoms with Gasteiger partial charge in [0.1, 0.15) is 5.60 Å². The van der Waals surface area contributed by atoms with Gasteiger partial charge in [-0.1, -0.05) is 66.8 Å². The van der Waals surface area contributed by atoms with E-state index < -0.39 is 5.60 Å². The lowest BCUT2D eigenvalue weighted by Crippen LogP contribution is -2.47. The van der Waals surface area contributed by atoms with Crippen molar-refractivity contribution in [1.82, 2.24) is 9.80 Å². The Hall–Kier alpha value is -1.66. The third-order valence-corrected chi connectivity index (χ3v) is 7.27. The van der Waals surface area contributed by atoms with Crippen molar-refractivity contribution >= 4 is 46.6 Å². The molecule has 1 amide bonds. The molecule has 8 heteroatoms. The standard InChI is InChI=1S/C22H33Cl2N3O2.C6H5Cl.C2H6/c1-22(2,3)29-21(28)27-10-7-17(8-11-27)6-9-25-12-14-26(15-13-25)20-5-4-18(23)16-19(20)24;7-6-4-2-1-3-5-6;1-2/h4-5,16-17H,6-15H2,1-3H3;1-5H;1-2H3. The highest BCUT2D eigenvalue weighted by Crippen LogP contribution is 2.30. The number of benzene rings is 2. The van der Waals surface area contributed by atoms with Crippen LogP contribution in [-0.4, -0.2) is 67.3 Å². The Morgan fingerprint density at radius 2 is 1.47 bits per heavy atom. The molecule has 0 aliphatic carbocycles. The molecule has 2 fully saturated rings. The average Bonchev–Trinajstić information content (AvgIpc) is 2.89. The maximum absolute atomic E-state index is 12.2. The zero-order valence-corrected chi connectivity index (χ0v) is 25.8. The van der Waals surface area contributed by atoms with Gasteiger partial charge in [-0.15, -0.1) is 0 Å². The van der Waals surface area contributed by atoms with Crippen LogP contribution in [0.5, 0.6) is 0 Å². The smallest absolute Gasteiger partial charge is 0.410 e. The Labute approximate surface area is 245 Å². The molecule has 0 saturated carbocycles. The van der Waals surface area contributed by atoms with Crippen molar-refractivity contribution in [2.75, 3.05) is 50.7 Å². The number of hydrogen-bond donors (Lipinski definition) is 0. The highest BCUT2D eigenvalue weighted by molar-refractivity contribution is 6.36. The van der Waals surface area contributed by atoms with Gasteiger partial charge in [0.05, 0.1) is 10.7 Å². The van der Waals surface area contributed by atoms with Crippen molar-refractivity contribution < 1.29 is 9.53 Å². The molecule has 5 nitrogen and oxygen atoms in total. The highest BCUT2D eigenvalue weighted by atomic mass is 35.5. The Morgan fingerprint density at radius 1 is 0.868 bits per heavy atom. The van der Waals surface area contributed by atoms with Crippen LogP contribution in [0.25, 0.3) is 0 Å². The number of carbonyl (C=O) groups is 1. The number of carbonyl (C=O) groups excluding carboxylic acids is 1. The Morgan fingerprint density at radius 3 is 1.97 bits per heavy atom. The van der Waals surface area contributed by atoms with Crippen molar-refractivity contribution in [2.24, 2.45) is 5.92 Å². The van der Waals surface area contributed by atoms with Crippen LogP contribution in [-0.2, 0) is 4.74 Å². The van der Waals surface area contributed by atoms with Crippen LogP contribution in [0.1, 0.15) is 53.9 Å². The lowest BCUT2D eigenvalue weighted by atomic mass is 9.93. The summed E-state index contributed by atoms with van der Waals surface area (Å²) in [5, 5.41) is 2.19. The lowest BCUT2D eigenvalue weighted by Gasteiger charge is -2.38. The van der Waals surface area contributed by atoms with Crippen LogP contribution >= 0.6 is 34.8 Å². The second-order valence-electron chi connectivity index (χ2n) is 10.4. The van der Waals surface area contributed by atoms with Crippen molar-refractivity contribution in [2.45, 2.75) is 59.5 Å². The van der Waals surface area contributed by atoms with E-state index in [1.807, 2.05) is 88.0 Å². The summed E-state index contributed by atoms with van der Waals surface area (Å²) >= 11 is 17.9. The van der Waals surface area contributed by atoms with Crippen molar-refractivity contribution in [3.05, 3.63) is 63.6 Å². The Balaban J connectivity index is 0.000000481. The molecule has 0 bridgehead atoms. The normalized spacial score (nSPS) is 16.6. The first kappa shape index (κ1) is 32.6. The Bertz CT molecular complexity index is 953. The number of anilines is 1. The van der Waals surface area contributed by atoms with Crippen molar-refractivity contribution in [3.63, 3.8) is 0 Å². The minimum atomic E-state index is -0.424. The number of likely N-dealkylation sites (tertiary alicyclic amines) is 1. The summed E-state index contributed by atoms with van der Waals surface area (Å²) in [6.07, 6.45) is 3.16. The zero-order chi connectivity index (χ0) is 28.1. The molecule has 212 valence electrons. The van der Waals surface area contributed by atoms with Crippen molar-refractivity contribution in [3.8, 4) is 0 Å². The fraction of sp³-hybridized carbons (Fsp3) is 0.567. The number of nitrogens with zero attached hydrogens (tertiary/aromatic N) is 3. The second kappa shape index (κ2) is 16.4. The van der Waals surface area contributed by atoms with Gasteiger partial charge in [0, 0.05) is 49.3 Å². The van der Waals surface area contributed by atoms with E-state index in [1.54, 1.807) is 0 Å². The van der Waals surface area contributed by atoms with E-state index in [1.165, 1.54) is 6.42 Å². The van der Waals surface area contributed by atoms with Crippen LogP contribution < -0.4 is 4.90 Å². The number of amides is 1. The number of piperazine rings is 1. The van der Waals surface area contributed by atoms with E-state index in [4.69, 9.17) is 39.5 Å². The van der Waals surface area contributed by atoms with Crippen LogP contribution in [0.15, 0.2) is 48.5 Å². The summed E-state index contributed by atoms with van der Waals surface area (Å²) < 4.78 is 5.49. The van der Waals surface area contributed by atoms with Gasteiger partial charge in [-0.25, -0.2) is 4.79 Å². The van der Waals surface area contributed by atoms with E-state index in [2.05, 4.69) is 9.80 Å². The van der Waals surface area contributed by atoms with E-state index in [0.29, 0.717) is 10.9 Å². The van der Waals surface area contributed by atoms with Gasteiger partial charge >= 0.3 is 6.09 Å². The fourth-order valence-corrected chi connectivity index (χ4v) is 5.13. The molecular formula is C30H44Cl3N3O2. The number of ether oxygens (including phenoxy) is 1. The molecular weight excluding hydrogens is 541 g/mol. The topological polar surface area (TPSA) is 36.0 Å². The van der Waals surface area contributed by atoms with Crippen molar-refractivity contribution in [1.29, 1.82) is 0 Å². The summed E-state index contributed by atoms with van der Waals surface area (Å²) in [5.41, 5.74) is 0.650. The molecule has 2 heterocycles. The van der Waals surface area contributed by atoms with E-state index in [-0.39, 0.29) is 6.09 Å². The van der Waals surface area contributed by atoms with Gasteiger partial charge in [0.15, 0.2) is 0 Å². The number of halogens is 3. The predicted molar refractivity (Wildman–Crippen MR) is 163 cm³/mol. The molecule has 0 N–H and O–H groups in total. The average molecular weight is 585 g/mol. The summed E-state index contributed by atoms with van der Waals surface area (Å²) in [6, 6.07) is 15.2. The molecule has 0 aromatic heterocycles. The monoisotopic (exact) mass is 583 g/mol. The molecule has 0 unspecified atom stereocenters. The summed E-state index contributed by atoms with van der Waals surface area (Å²) in [4.78, 5) is 18.9. The molecule has 0 radical (unpaired) electrons. The molecule has 2 saturated heterocycles. The fourth-order valence-electron chi connectivity index (χ4n) is 4.46. The molecule has 2 aliphatic rings. The van der Waals surface area contributed by atoms with E-state index in [9.17, 15) is 4.79 Å². The maximum Gasteiger partial charge on any atom is 0.410 e. The minimum Gasteiger partial charge on any atom is -0.444 e. The van der Waals surface area contributed by atoms with Gasteiger partial charge in [0.25, 0.3) is 0 Å². The SMILES string of the molecule is CC.CC(C)(C)OC(=O)N1CCC(CCN2CCN(c3ccc(Cl)cc3Cl)CC2)CC1.Clc1ccccc1. The predicted octanol–water partition coefficient (Wildman–Crippen LogP) is 8.52. The molecule has 2 aliphatic heterocycles. The third-order valence-electron chi connectivity index (χ3n) is 6.48. The molecule has 4 rings (SSSR count). The largest absolute Gasteiger partial charge is 0.444 e. The lowest BCUT2D eigenvalue weighted by molar-refractivity contribution is 0.0177. The van der Waals surface area contributed by atoms with Crippen LogP contribution in [0.3, 0.4) is 0 Å². The quantitative estimate of drug-likeness (QED) is 0.361. The van der Waals surface area contributed by atoms with E-state index in [0.717, 1.165) is 74.4 Å².